The molecule has 0 radical (unpaired) electrons. The van der Waals surface area contributed by atoms with Crippen LogP contribution in [-0.2, 0) is 0 Å². The first-order valence-corrected chi connectivity index (χ1v) is 5.00. The van der Waals surface area contributed by atoms with Gasteiger partial charge in [-0.15, -0.1) is 0 Å². The van der Waals surface area contributed by atoms with E-state index < -0.39 is 8.12 Å². The summed E-state index contributed by atoms with van der Waals surface area (Å²) in [5, 5.41) is 25.2. The van der Waals surface area contributed by atoms with Gasteiger partial charge in [-0.25, -0.2) is 0 Å². The molecule has 0 bridgehead atoms. The van der Waals surface area contributed by atoms with Crippen molar-refractivity contribution in [3.8, 4) is 0 Å². The highest BCUT2D eigenvalue weighted by Crippen LogP contribution is 2.37. The van der Waals surface area contributed by atoms with Crippen LogP contribution in [-0.4, -0.2) is 23.4 Å². The van der Waals surface area contributed by atoms with Gasteiger partial charge in [-0.05, 0) is 0 Å². The molecule has 0 amide bonds. The first kappa shape index (κ1) is 12.1. The zero-order valence-electron chi connectivity index (χ0n) is 5.34. The molecule has 0 aromatic carbocycles. The first-order chi connectivity index (χ1) is 4.71. The van der Waals surface area contributed by atoms with Crippen LogP contribution in [0.25, 0.3) is 0 Å². The van der Waals surface area contributed by atoms with Gasteiger partial charge in [-0.1, -0.05) is 53.9 Å². The van der Waals surface area contributed by atoms with Crippen molar-refractivity contribution in [3.63, 3.8) is 0 Å². The number of hydrogen-bond acceptors (Lipinski definition) is 3. The molecule has 3 nitrogen and oxygen atoms in total. The third-order valence-corrected chi connectivity index (χ3v) is 1.66. The van der Waals surface area contributed by atoms with E-state index in [-0.39, 0.29) is 0 Å². The molecule has 0 saturated carbocycles. The van der Waals surface area contributed by atoms with Gasteiger partial charge in [-0.2, -0.15) is 0 Å². The Morgan fingerprint density at radius 1 is 1.09 bits per heavy atom. The molecule has 0 spiro atoms. The van der Waals surface area contributed by atoms with E-state index in [0.29, 0.717) is 6.42 Å². The lowest BCUT2D eigenvalue weighted by Crippen LogP contribution is -2.23. The van der Waals surface area contributed by atoms with Crippen molar-refractivity contribution in [2.45, 2.75) is 14.5 Å². The molecule has 66 valence electrons. The molecule has 0 aliphatic carbocycles. The van der Waals surface area contributed by atoms with E-state index in [2.05, 4.69) is 47.8 Å². The molecule has 0 atom stereocenters. The number of halogens is 3. The van der Waals surface area contributed by atoms with Crippen LogP contribution in [0.1, 0.15) is 6.42 Å². The Labute approximate surface area is 89.5 Å². The zero-order chi connectivity index (χ0) is 9.12. The fourth-order valence-corrected chi connectivity index (χ4v) is 0.911. The van der Waals surface area contributed by atoms with Gasteiger partial charge in [0.1, 0.15) is 2.14 Å². The van der Waals surface area contributed by atoms with Gasteiger partial charge in [0.05, 0.1) is 0 Å². The fourth-order valence-electron chi connectivity index (χ4n) is 0.351. The average molecular weight is 355 g/mol. The summed E-state index contributed by atoms with van der Waals surface area (Å²) in [7, 11) is 0. The van der Waals surface area contributed by atoms with Crippen molar-refractivity contribution in [1.82, 2.24) is 0 Å². The molecule has 0 aliphatic rings. The molecule has 0 aromatic rings. The Bertz CT molecular complexity index is 144. The Kier molecular flexibility index (Phi) is 4.76. The van der Waals surface area contributed by atoms with Gasteiger partial charge in [0, 0.05) is 12.5 Å². The summed E-state index contributed by atoms with van der Waals surface area (Å²) in [6, 6.07) is 0. The normalized spacial score (nSPS) is 14.4. The summed E-state index contributed by atoms with van der Waals surface area (Å²) in [6.45, 7) is 0. The minimum absolute atomic E-state index is 0.441. The van der Waals surface area contributed by atoms with E-state index in [1.807, 2.05) is 0 Å². The summed E-state index contributed by atoms with van der Waals surface area (Å²) in [5.41, 5.74) is 0. The molecule has 0 fully saturated rings. The highest BCUT2D eigenvalue weighted by atomic mass is 80.0. The minimum atomic E-state index is -2.72. The summed E-state index contributed by atoms with van der Waals surface area (Å²) in [4.78, 5) is 0. The van der Waals surface area contributed by atoms with Crippen LogP contribution in [0, 0.1) is 0 Å². The van der Waals surface area contributed by atoms with Crippen molar-refractivity contribution in [1.29, 1.82) is 0 Å². The molecule has 0 aliphatic heterocycles. The van der Waals surface area contributed by atoms with E-state index >= 15 is 0 Å². The van der Waals surface area contributed by atoms with E-state index in [9.17, 15) is 0 Å². The minimum Gasteiger partial charge on any atom is -0.340 e. The molecule has 0 aromatic heterocycles. The number of allylic oxidation sites excluding steroid dienone is 1. The van der Waals surface area contributed by atoms with Gasteiger partial charge < -0.3 is 15.3 Å². The van der Waals surface area contributed by atoms with Gasteiger partial charge in [0.15, 0.2) is 0 Å². The number of alkyl halides is 3. The van der Waals surface area contributed by atoms with Crippen molar-refractivity contribution in [2.24, 2.45) is 0 Å². The molecule has 3 N–H and O–H groups in total. The van der Waals surface area contributed by atoms with Gasteiger partial charge in [0.2, 0.25) is 0 Å². The topological polar surface area (TPSA) is 60.7 Å². The van der Waals surface area contributed by atoms with Crippen LogP contribution in [0.3, 0.4) is 0 Å². The summed E-state index contributed by atoms with van der Waals surface area (Å²) in [5.74, 6) is -2.72. The Hall–Kier alpha value is 1.06. The monoisotopic (exact) mass is 352 g/mol. The second-order valence-electron chi connectivity index (χ2n) is 1.91. The zero-order valence-corrected chi connectivity index (χ0v) is 10.1. The van der Waals surface area contributed by atoms with Crippen LogP contribution in [0.4, 0.5) is 0 Å². The van der Waals surface area contributed by atoms with E-state index in [0.717, 1.165) is 6.08 Å². The third kappa shape index (κ3) is 11.1. The van der Waals surface area contributed by atoms with Crippen LogP contribution < -0.4 is 0 Å². The molecule has 0 rings (SSSR count). The van der Waals surface area contributed by atoms with E-state index in [1.165, 1.54) is 6.08 Å². The van der Waals surface area contributed by atoms with Crippen molar-refractivity contribution in [3.05, 3.63) is 12.2 Å². The lowest BCUT2D eigenvalue weighted by atomic mass is 10.4. The summed E-state index contributed by atoms with van der Waals surface area (Å²) >= 11 is 9.55. The molecule has 0 saturated heterocycles. The predicted molar refractivity (Wildman–Crippen MR) is 52.7 cm³/mol. The third-order valence-electron chi connectivity index (χ3n) is 0.691. The Morgan fingerprint density at radius 3 is 1.82 bits per heavy atom. The molecular formula is C5H7Br3O3. The van der Waals surface area contributed by atoms with Gasteiger partial charge in [0.25, 0.3) is 5.97 Å². The lowest BCUT2D eigenvalue weighted by molar-refractivity contribution is -0.273. The van der Waals surface area contributed by atoms with Crippen LogP contribution in [0.5, 0.6) is 0 Å². The second kappa shape index (κ2) is 4.34. The number of rotatable bonds is 2. The quantitative estimate of drug-likeness (QED) is 0.399. The molecule has 0 heterocycles. The molecule has 11 heavy (non-hydrogen) atoms. The smallest absolute Gasteiger partial charge is 0.297 e. The van der Waals surface area contributed by atoms with E-state index in [4.69, 9.17) is 15.3 Å². The van der Waals surface area contributed by atoms with Gasteiger partial charge >= 0.3 is 0 Å². The largest absolute Gasteiger partial charge is 0.340 e. The molecular weight excluding hydrogens is 348 g/mol. The van der Waals surface area contributed by atoms with Crippen LogP contribution in [0.15, 0.2) is 12.2 Å². The highest BCUT2D eigenvalue weighted by Gasteiger charge is 2.17. The SMILES string of the molecule is OC(O)(O)C=CCC(Br)(Br)Br. The second-order valence-corrected chi connectivity index (χ2v) is 9.16. The van der Waals surface area contributed by atoms with Gasteiger partial charge in [-0.3, -0.25) is 0 Å². The highest BCUT2D eigenvalue weighted by molar-refractivity contribution is 9.39. The van der Waals surface area contributed by atoms with Crippen molar-refractivity contribution < 1.29 is 15.3 Å². The van der Waals surface area contributed by atoms with E-state index in [1.54, 1.807) is 0 Å². The number of aliphatic hydroxyl groups is 3. The summed E-state index contributed by atoms with van der Waals surface area (Å²) in [6.07, 6.45) is 2.71. The van der Waals surface area contributed by atoms with Crippen molar-refractivity contribution in [2.75, 3.05) is 0 Å². The lowest BCUT2D eigenvalue weighted by Gasteiger charge is -2.10. The predicted octanol–water partition coefficient (Wildman–Crippen LogP) is 1.40. The van der Waals surface area contributed by atoms with Crippen LogP contribution >= 0.6 is 47.8 Å². The summed E-state index contributed by atoms with van der Waals surface area (Å²) < 4.78 is -0.464. The first-order valence-electron chi connectivity index (χ1n) is 2.62. The fraction of sp³-hybridized carbons (Fsp3) is 0.600. The Morgan fingerprint density at radius 2 is 1.55 bits per heavy atom. The standard InChI is InChI=1S/C5H7Br3O3/c6-4(7,8)2-1-3-5(9,10)11/h1,3,9-11H,2H2. The Balaban J connectivity index is 3.80. The number of hydrogen-bond donors (Lipinski definition) is 3. The van der Waals surface area contributed by atoms with Crippen molar-refractivity contribution >= 4 is 47.8 Å². The maximum Gasteiger partial charge on any atom is 0.297 e. The maximum absolute atomic E-state index is 8.39. The molecule has 6 heteroatoms. The van der Waals surface area contributed by atoms with Crippen LogP contribution in [0.2, 0.25) is 0 Å². The maximum atomic E-state index is 8.39. The molecule has 0 unspecified atom stereocenters. The average Bonchev–Trinajstić information content (AvgIpc) is 1.55.